The number of carbonyl (C=O) groups excluding carboxylic acids is 1. The summed E-state index contributed by atoms with van der Waals surface area (Å²) >= 11 is 1.42. The molecular weight excluding hydrogens is 334 g/mol. The van der Waals surface area contributed by atoms with Crippen LogP contribution in [0.1, 0.15) is 22.5 Å². The Morgan fingerprint density at radius 2 is 2.04 bits per heavy atom. The van der Waals surface area contributed by atoms with E-state index in [1.165, 1.54) is 17.3 Å². The SMILES string of the molecule is Cc1cc(C)c(NC(=O)CSc2nccn2Cc2ccco2)c(C)c1. The molecule has 0 fully saturated rings. The third-order valence-electron chi connectivity index (χ3n) is 3.86. The van der Waals surface area contributed by atoms with Crippen molar-refractivity contribution < 1.29 is 9.21 Å². The van der Waals surface area contributed by atoms with Gasteiger partial charge >= 0.3 is 0 Å². The van der Waals surface area contributed by atoms with Gasteiger partial charge in [0, 0.05) is 18.1 Å². The Balaban J connectivity index is 1.61. The second kappa shape index (κ2) is 7.61. The van der Waals surface area contributed by atoms with Gasteiger partial charge in [0.25, 0.3) is 0 Å². The van der Waals surface area contributed by atoms with Gasteiger partial charge in [-0.25, -0.2) is 4.98 Å². The lowest BCUT2D eigenvalue weighted by atomic mass is 10.1. The number of imidazole rings is 1. The number of carbonyl (C=O) groups is 1. The van der Waals surface area contributed by atoms with Gasteiger partial charge in [-0.1, -0.05) is 29.5 Å². The predicted octanol–water partition coefficient (Wildman–Crippen LogP) is 4.18. The summed E-state index contributed by atoms with van der Waals surface area (Å²) in [6.45, 7) is 6.69. The van der Waals surface area contributed by atoms with Gasteiger partial charge in [0.15, 0.2) is 5.16 Å². The molecule has 6 heteroatoms. The molecule has 130 valence electrons. The van der Waals surface area contributed by atoms with Crippen LogP contribution in [0.15, 0.2) is 52.5 Å². The van der Waals surface area contributed by atoms with E-state index in [-0.39, 0.29) is 5.91 Å². The topological polar surface area (TPSA) is 60.1 Å². The van der Waals surface area contributed by atoms with E-state index in [4.69, 9.17) is 4.42 Å². The summed E-state index contributed by atoms with van der Waals surface area (Å²) < 4.78 is 7.34. The smallest absolute Gasteiger partial charge is 0.234 e. The Kier molecular flexibility index (Phi) is 5.28. The molecule has 2 aromatic heterocycles. The average molecular weight is 355 g/mol. The summed E-state index contributed by atoms with van der Waals surface area (Å²) in [6, 6.07) is 7.93. The van der Waals surface area contributed by atoms with Crippen molar-refractivity contribution in [2.75, 3.05) is 11.1 Å². The lowest BCUT2D eigenvalue weighted by molar-refractivity contribution is -0.113. The normalized spacial score (nSPS) is 10.8. The molecule has 1 aromatic carbocycles. The lowest BCUT2D eigenvalue weighted by Crippen LogP contribution is -2.16. The number of amides is 1. The third kappa shape index (κ3) is 4.33. The number of aryl methyl sites for hydroxylation is 3. The molecule has 0 unspecified atom stereocenters. The van der Waals surface area contributed by atoms with Gasteiger partial charge in [-0.15, -0.1) is 0 Å². The first-order valence-corrected chi connectivity index (χ1v) is 9.05. The molecule has 0 spiro atoms. The number of rotatable bonds is 6. The van der Waals surface area contributed by atoms with Crippen LogP contribution in [0, 0.1) is 20.8 Å². The first-order chi connectivity index (χ1) is 12.0. The summed E-state index contributed by atoms with van der Waals surface area (Å²) in [7, 11) is 0. The number of aromatic nitrogens is 2. The largest absolute Gasteiger partial charge is 0.467 e. The second-order valence-electron chi connectivity index (χ2n) is 6.03. The van der Waals surface area contributed by atoms with Gasteiger partial charge < -0.3 is 14.3 Å². The van der Waals surface area contributed by atoms with E-state index in [2.05, 4.69) is 29.4 Å². The number of anilines is 1. The lowest BCUT2D eigenvalue weighted by Gasteiger charge is -2.13. The van der Waals surface area contributed by atoms with E-state index in [9.17, 15) is 4.79 Å². The van der Waals surface area contributed by atoms with Gasteiger partial charge in [-0.05, 0) is 44.0 Å². The fourth-order valence-electron chi connectivity index (χ4n) is 2.81. The minimum atomic E-state index is -0.0346. The Morgan fingerprint density at radius 3 is 2.72 bits per heavy atom. The molecular formula is C19H21N3O2S. The monoisotopic (exact) mass is 355 g/mol. The molecule has 2 heterocycles. The number of benzene rings is 1. The van der Waals surface area contributed by atoms with E-state index in [0.29, 0.717) is 12.3 Å². The Hall–Kier alpha value is -2.47. The van der Waals surface area contributed by atoms with Crippen molar-refractivity contribution in [3.8, 4) is 0 Å². The summed E-state index contributed by atoms with van der Waals surface area (Å²) in [5, 5.41) is 3.81. The van der Waals surface area contributed by atoms with Crippen LogP contribution in [0.2, 0.25) is 0 Å². The highest BCUT2D eigenvalue weighted by molar-refractivity contribution is 7.99. The first kappa shape index (κ1) is 17.4. The number of nitrogens with zero attached hydrogens (tertiary/aromatic N) is 2. The molecule has 0 saturated carbocycles. The number of hydrogen-bond donors (Lipinski definition) is 1. The highest BCUT2D eigenvalue weighted by Gasteiger charge is 2.11. The zero-order valence-electron chi connectivity index (χ0n) is 14.6. The summed E-state index contributed by atoms with van der Waals surface area (Å²) in [5.74, 6) is 1.13. The molecule has 0 aliphatic heterocycles. The zero-order chi connectivity index (χ0) is 17.8. The van der Waals surface area contributed by atoms with Gasteiger partial charge in [-0.2, -0.15) is 0 Å². The Labute approximate surface area is 151 Å². The van der Waals surface area contributed by atoms with Crippen molar-refractivity contribution in [1.82, 2.24) is 9.55 Å². The van der Waals surface area contributed by atoms with Gasteiger partial charge in [-0.3, -0.25) is 4.79 Å². The molecule has 0 saturated heterocycles. The van der Waals surface area contributed by atoms with E-state index in [1.807, 2.05) is 36.7 Å². The number of furan rings is 1. The Morgan fingerprint density at radius 1 is 1.28 bits per heavy atom. The number of hydrogen-bond acceptors (Lipinski definition) is 4. The molecule has 5 nitrogen and oxygen atoms in total. The zero-order valence-corrected chi connectivity index (χ0v) is 15.4. The van der Waals surface area contributed by atoms with Gasteiger partial charge in [0.1, 0.15) is 5.76 Å². The van der Waals surface area contributed by atoms with Crippen LogP contribution in [0.4, 0.5) is 5.69 Å². The highest BCUT2D eigenvalue weighted by atomic mass is 32.2. The third-order valence-corrected chi connectivity index (χ3v) is 4.86. The molecule has 0 radical (unpaired) electrons. The molecule has 0 aliphatic carbocycles. The van der Waals surface area contributed by atoms with Crippen LogP contribution in [-0.4, -0.2) is 21.2 Å². The number of thioether (sulfide) groups is 1. The van der Waals surface area contributed by atoms with E-state index < -0.39 is 0 Å². The molecule has 25 heavy (non-hydrogen) atoms. The van der Waals surface area contributed by atoms with Crippen molar-refractivity contribution in [2.24, 2.45) is 0 Å². The van der Waals surface area contributed by atoms with Crippen molar-refractivity contribution in [2.45, 2.75) is 32.5 Å². The fraction of sp³-hybridized carbons (Fsp3) is 0.263. The predicted molar refractivity (Wildman–Crippen MR) is 100 cm³/mol. The van der Waals surface area contributed by atoms with Gasteiger partial charge in [0.2, 0.25) is 5.91 Å². The van der Waals surface area contributed by atoms with Gasteiger partial charge in [0.05, 0.1) is 18.6 Å². The molecule has 3 aromatic rings. The molecule has 3 rings (SSSR count). The van der Waals surface area contributed by atoms with Crippen molar-refractivity contribution in [3.63, 3.8) is 0 Å². The highest BCUT2D eigenvalue weighted by Crippen LogP contribution is 2.23. The van der Waals surface area contributed by atoms with E-state index in [0.717, 1.165) is 27.7 Å². The van der Waals surface area contributed by atoms with Crippen LogP contribution in [0.5, 0.6) is 0 Å². The summed E-state index contributed by atoms with van der Waals surface area (Å²) in [6.07, 6.45) is 5.27. The second-order valence-corrected chi connectivity index (χ2v) is 6.97. The standard InChI is InChI=1S/C19H21N3O2S/c1-13-9-14(2)18(15(3)10-13)21-17(23)12-25-19-20-6-7-22(19)11-16-5-4-8-24-16/h4-10H,11-12H2,1-3H3,(H,21,23). The maximum absolute atomic E-state index is 12.3. The van der Waals surface area contributed by atoms with E-state index >= 15 is 0 Å². The maximum Gasteiger partial charge on any atom is 0.234 e. The Bertz CT molecular complexity index is 846. The minimum Gasteiger partial charge on any atom is -0.467 e. The van der Waals surface area contributed by atoms with Crippen LogP contribution < -0.4 is 5.32 Å². The fourth-order valence-corrected chi connectivity index (χ4v) is 3.57. The molecule has 1 N–H and O–H groups in total. The van der Waals surface area contributed by atoms with Crippen molar-refractivity contribution in [3.05, 3.63) is 65.4 Å². The molecule has 0 atom stereocenters. The van der Waals surface area contributed by atoms with Crippen molar-refractivity contribution >= 4 is 23.4 Å². The quantitative estimate of drug-likeness (QED) is 0.674. The van der Waals surface area contributed by atoms with Crippen LogP contribution in [0.25, 0.3) is 0 Å². The first-order valence-electron chi connectivity index (χ1n) is 8.07. The molecule has 0 bridgehead atoms. The number of nitrogens with one attached hydrogen (secondary N) is 1. The van der Waals surface area contributed by atoms with Crippen LogP contribution in [0.3, 0.4) is 0 Å². The van der Waals surface area contributed by atoms with Crippen LogP contribution >= 0.6 is 11.8 Å². The molecule has 0 aliphatic rings. The summed E-state index contributed by atoms with van der Waals surface area (Å²) in [4.78, 5) is 16.7. The average Bonchev–Trinajstić information content (AvgIpc) is 3.21. The van der Waals surface area contributed by atoms with Crippen LogP contribution in [-0.2, 0) is 11.3 Å². The summed E-state index contributed by atoms with van der Waals surface area (Å²) in [5.41, 5.74) is 4.25. The molecule has 1 amide bonds. The van der Waals surface area contributed by atoms with E-state index in [1.54, 1.807) is 12.5 Å². The van der Waals surface area contributed by atoms with Crippen molar-refractivity contribution in [1.29, 1.82) is 0 Å². The maximum atomic E-state index is 12.3. The minimum absolute atomic E-state index is 0.0346.